The molecule has 0 aromatic heterocycles. The van der Waals surface area contributed by atoms with Gasteiger partial charge in [-0.15, -0.1) is 0 Å². The number of ketones is 1. The molecule has 1 aromatic carbocycles. The van der Waals surface area contributed by atoms with Gasteiger partial charge in [-0.3, -0.25) is 9.59 Å². The molecule has 0 radical (unpaired) electrons. The lowest BCUT2D eigenvalue weighted by atomic mass is 9.94. The zero-order valence-corrected chi connectivity index (χ0v) is 10.3. The molecule has 4 heteroatoms. The predicted octanol–water partition coefficient (Wildman–Crippen LogP) is 2.38. The van der Waals surface area contributed by atoms with Crippen LogP contribution in [0.15, 0.2) is 18.2 Å². The molecule has 1 amide bonds. The number of rotatable bonds is 2. The van der Waals surface area contributed by atoms with Crippen molar-refractivity contribution in [2.45, 2.75) is 38.6 Å². The lowest BCUT2D eigenvalue weighted by molar-refractivity contribution is -0.120. The van der Waals surface area contributed by atoms with Gasteiger partial charge in [0.1, 0.15) is 11.6 Å². The van der Waals surface area contributed by atoms with Crippen LogP contribution in [-0.4, -0.2) is 17.7 Å². The first kappa shape index (κ1) is 12.7. The number of hydrogen-bond acceptors (Lipinski definition) is 2. The van der Waals surface area contributed by atoms with E-state index in [1.807, 2.05) is 0 Å². The Balaban J connectivity index is 2.03. The number of aryl methyl sites for hydroxylation is 1. The lowest BCUT2D eigenvalue weighted by Crippen LogP contribution is -2.38. The van der Waals surface area contributed by atoms with E-state index in [0.29, 0.717) is 31.2 Å². The Morgan fingerprint density at radius 3 is 2.67 bits per heavy atom. The van der Waals surface area contributed by atoms with Gasteiger partial charge < -0.3 is 5.32 Å². The third-order valence-electron chi connectivity index (χ3n) is 3.31. The van der Waals surface area contributed by atoms with Crippen LogP contribution in [0.4, 0.5) is 4.39 Å². The van der Waals surface area contributed by atoms with Crippen LogP contribution in [0.1, 0.15) is 41.6 Å². The summed E-state index contributed by atoms with van der Waals surface area (Å²) in [5.41, 5.74) is 0.536. The molecule has 0 aliphatic heterocycles. The molecular formula is C14H16FNO2. The van der Waals surface area contributed by atoms with Crippen LogP contribution in [0.25, 0.3) is 0 Å². The van der Waals surface area contributed by atoms with Crippen molar-refractivity contribution in [3.63, 3.8) is 0 Å². The Morgan fingerprint density at radius 2 is 2.00 bits per heavy atom. The molecule has 1 N–H and O–H groups in total. The third-order valence-corrected chi connectivity index (χ3v) is 3.31. The number of Topliss-reactive ketones (excluding diaryl/α,β-unsaturated/α-hetero) is 1. The summed E-state index contributed by atoms with van der Waals surface area (Å²) < 4.78 is 13.8. The highest BCUT2D eigenvalue weighted by Crippen LogP contribution is 2.17. The standard InChI is InChI=1S/C14H16FNO2/c1-9-3-2-4-12(13(9)15)14(18)16-10-5-7-11(17)8-6-10/h2-4,10H,5-8H2,1H3,(H,16,18). The van der Waals surface area contributed by atoms with Gasteiger partial charge in [-0.1, -0.05) is 12.1 Å². The Hall–Kier alpha value is -1.71. The minimum Gasteiger partial charge on any atom is -0.349 e. The molecule has 1 aliphatic carbocycles. The molecule has 3 nitrogen and oxygen atoms in total. The van der Waals surface area contributed by atoms with Gasteiger partial charge in [0.2, 0.25) is 0 Å². The summed E-state index contributed by atoms with van der Waals surface area (Å²) in [7, 11) is 0. The van der Waals surface area contributed by atoms with E-state index in [-0.39, 0.29) is 17.4 Å². The highest BCUT2D eigenvalue weighted by atomic mass is 19.1. The fraction of sp³-hybridized carbons (Fsp3) is 0.429. The average molecular weight is 249 g/mol. The maximum Gasteiger partial charge on any atom is 0.254 e. The highest BCUT2D eigenvalue weighted by Gasteiger charge is 2.22. The summed E-state index contributed by atoms with van der Waals surface area (Å²) in [6.07, 6.45) is 2.30. The molecule has 0 spiro atoms. The van der Waals surface area contributed by atoms with Crippen molar-refractivity contribution in [2.24, 2.45) is 0 Å². The van der Waals surface area contributed by atoms with Gasteiger partial charge in [-0.25, -0.2) is 4.39 Å². The summed E-state index contributed by atoms with van der Waals surface area (Å²) in [6.45, 7) is 1.63. The molecule has 0 saturated heterocycles. The number of halogens is 1. The second-order valence-corrected chi connectivity index (χ2v) is 4.72. The Morgan fingerprint density at radius 1 is 1.33 bits per heavy atom. The normalized spacial score (nSPS) is 16.7. The molecular weight excluding hydrogens is 233 g/mol. The number of carbonyl (C=O) groups is 2. The second kappa shape index (κ2) is 5.29. The number of benzene rings is 1. The second-order valence-electron chi connectivity index (χ2n) is 4.72. The number of nitrogens with one attached hydrogen (secondary N) is 1. The third kappa shape index (κ3) is 2.75. The smallest absolute Gasteiger partial charge is 0.254 e. The Kier molecular flexibility index (Phi) is 3.75. The van der Waals surface area contributed by atoms with Gasteiger partial charge in [0.05, 0.1) is 5.56 Å². The molecule has 1 saturated carbocycles. The highest BCUT2D eigenvalue weighted by molar-refractivity contribution is 5.95. The molecule has 2 rings (SSSR count). The first-order valence-corrected chi connectivity index (χ1v) is 6.15. The van der Waals surface area contributed by atoms with Crippen LogP contribution < -0.4 is 5.32 Å². The monoisotopic (exact) mass is 249 g/mol. The summed E-state index contributed by atoms with van der Waals surface area (Å²) in [5.74, 6) is -0.625. The molecule has 1 aromatic rings. The number of hydrogen-bond donors (Lipinski definition) is 1. The zero-order valence-electron chi connectivity index (χ0n) is 10.3. The molecule has 0 bridgehead atoms. The maximum atomic E-state index is 13.8. The van der Waals surface area contributed by atoms with E-state index in [1.165, 1.54) is 6.07 Å². The molecule has 0 unspecified atom stereocenters. The van der Waals surface area contributed by atoms with Gasteiger partial charge in [-0.05, 0) is 31.4 Å². The maximum absolute atomic E-state index is 13.8. The van der Waals surface area contributed by atoms with Gasteiger partial charge in [-0.2, -0.15) is 0 Å². The average Bonchev–Trinajstić information content (AvgIpc) is 2.35. The largest absolute Gasteiger partial charge is 0.349 e. The number of amides is 1. The van der Waals surface area contributed by atoms with Crippen molar-refractivity contribution in [1.29, 1.82) is 0 Å². The predicted molar refractivity (Wildman–Crippen MR) is 65.9 cm³/mol. The van der Waals surface area contributed by atoms with E-state index in [1.54, 1.807) is 19.1 Å². The molecule has 96 valence electrons. The van der Waals surface area contributed by atoms with Gasteiger partial charge in [0.25, 0.3) is 5.91 Å². The first-order valence-electron chi connectivity index (χ1n) is 6.15. The minimum atomic E-state index is -0.470. The van der Waals surface area contributed by atoms with E-state index < -0.39 is 11.7 Å². The number of carbonyl (C=O) groups excluding carboxylic acids is 2. The molecule has 1 fully saturated rings. The molecule has 0 heterocycles. The van der Waals surface area contributed by atoms with Crippen LogP contribution in [0.3, 0.4) is 0 Å². The van der Waals surface area contributed by atoms with Crippen molar-refractivity contribution >= 4 is 11.7 Å². The van der Waals surface area contributed by atoms with Crippen LogP contribution >= 0.6 is 0 Å². The van der Waals surface area contributed by atoms with Crippen molar-refractivity contribution < 1.29 is 14.0 Å². The Labute approximate surface area is 105 Å². The molecule has 1 aliphatic rings. The van der Waals surface area contributed by atoms with Gasteiger partial charge >= 0.3 is 0 Å². The summed E-state index contributed by atoms with van der Waals surface area (Å²) in [6, 6.07) is 4.75. The van der Waals surface area contributed by atoms with E-state index in [0.717, 1.165) is 0 Å². The van der Waals surface area contributed by atoms with E-state index in [4.69, 9.17) is 0 Å². The van der Waals surface area contributed by atoms with Crippen molar-refractivity contribution in [1.82, 2.24) is 5.32 Å². The van der Waals surface area contributed by atoms with Crippen molar-refractivity contribution in [3.05, 3.63) is 35.1 Å². The summed E-state index contributed by atoms with van der Waals surface area (Å²) in [5, 5.41) is 2.79. The SMILES string of the molecule is Cc1cccc(C(=O)NC2CCC(=O)CC2)c1F. The summed E-state index contributed by atoms with van der Waals surface area (Å²) in [4.78, 5) is 23.0. The molecule has 0 atom stereocenters. The van der Waals surface area contributed by atoms with E-state index in [2.05, 4.69) is 5.32 Å². The minimum absolute atomic E-state index is 0.0184. The van der Waals surface area contributed by atoms with Crippen LogP contribution in [0.2, 0.25) is 0 Å². The van der Waals surface area contributed by atoms with E-state index in [9.17, 15) is 14.0 Å². The fourth-order valence-corrected chi connectivity index (χ4v) is 2.17. The first-order chi connectivity index (χ1) is 8.58. The zero-order chi connectivity index (χ0) is 13.1. The lowest BCUT2D eigenvalue weighted by Gasteiger charge is -2.22. The summed E-state index contributed by atoms with van der Waals surface area (Å²) >= 11 is 0. The molecule has 18 heavy (non-hydrogen) atoms. The van der Waals surface area contributed by atoms with Crippen LogP contribution in [0.5, 0.6) is 0 Å². The van der Waals surface area contributed by atoms with Crippen LogP contribution in [0, 0.1) is 12.7 Å². The van der Waals surface area contributed by atoms with Crippen molar-refractivity contribution in [3.8, 4) is 0 Å². The van der Waals surface area contributed by atoms with Crippen molar-refractivity contribution in [2.75, 3.05) is 0 Å². The van der Waals surface area contributed by atoms with Crippen LogP contribution in [-0.2, 0) is 4.79 Å². The Bertz CT molecular complexity index is 475. The quantitative estimate of drug-likeness (QED) is 0.874. The van der Waals surface area contributed by atoms with Gasteiger partial charge in [0.15, 0.2) is 0 Å². The van der Waals surface area contributed by atoms with E-state index >= 15 is 0 Å². The van der Waals surface area contributed by atoms with Gasteiger partial charge in [0, 0.05) is 18.9 Å². The topological polar surface area (TPSA) is 46.2 Å². The fourth-order valence-electron chi connectivity index (χ4n) is 2.17.